The molecule has 0 aromatic heterocycles. The van der Waals surface area contributed by atoms with Crippen molar-refractivity contribution in [2.75, 3.05) is 18.5 Å². The van der Waals surface area contributed by atoms with Crippen molar-refractivity contribution in [2.24, 2.45) is 0 Å². The molecular weight excluding hydrogens is 540 g/mol. The topological polar surface area (TPSA) is 0 Å². The van der Waals surface area contributed by atoms with Gasteiger partial charge in [-0.3, -0.25) is 0 Å². The lowest BCUT2D eigenvalue weighted by Crippen LogP contribution is -2.15. The van der Waals surface area contributed by atoms with Gasteiger partial charge in [-0.05, 0) is 51.4 Å². The molecule has 0 atom stereocenters. The standard InChI is InChI=1S/C40H86PSi/c1-5-9-13-17-21-22-23-24-25-26-27-28-32-36-40-42-41(37-33-29-18-14-10-6-2,38-34-30-19-15-11-7-3)39-35-31-20-16-12-8-4/h5-40,42H2,1-4H3/q+1. The zero-order valence-corrected chi connectivity index (χ0v) is 32.9. The molecule has 2 heteroatoms. The number of unbranched alkanes of at least 4 members (excludes halogenated alkanes) is 28. The van der Waals surface area contributed by atoms with Crippen molar-refractivity contribution in [1.29, 1.82) is 0 Å². The molecule has 0 spiro atoms. The van der Waals surface area contributed by atoms with E-state index in [1.165, 1.54) is 154 Å². The van der Waals surface area contributed by atoms with E-state index in [-0.39, 0.29) is 9.19 Å². The van der Waals surface area contributed by atoms with Crippen LogP contribution in [0.15, 0.2) is 0 Å². The molecule has 0 saturated carbocycles. The van der Waals surface area contributed by atoms with Gasteiger partial charge in [-0.15, -0.1) is 0 Å². The largest absolute Gasteiger partial charge is 0.200 e. The average Bonchev–Trinajstić information content (AvgIpc) is 3.00. The maximum Gasteiger partial charge on any atom is 0.200 e. The lowest BCUT2D eigenvalue weighted by molar-refractivity contribution is 0.538. The third-order valence-electron chi connectivity index (χ3n) is 10.2. The molecule has 0 heterocycles. The lowest BCUT2D eigenvalue weighted by Gasteiger charge is -2.29. The Balaban J connectivity index is 4.49. The first kappa shape index (κ1) is 42.6. The van der Waals surface area contributed by atoms with E-state index in [1.807, 2.05) is 0 Å². The van der Waals surface area contributed by atoms with Crippen molar-refractivity contribution >= 4 is 16.0 Å². The molecule has 0 N–H and O–H groups in total. The molecule has 0 radical (unpaired) electrons. The molecule has 0 aliphatic heterocycles. The fourth-order valence-corrected chi connectivity index (χ4v) is 19.2. The van der Waals surface area contributed by atoms with E-state index >= 15 is 0 Å². The summed E-state index contributed by atoms with van der Waals surface area (Å²) in [7, 11) is 0.136. The highest BCUT2D eigenvalue weighted by Crippen LogP contribution is 2.60. The van der Waals surface area contributed by atoms with Gasteiger partial charge in [0.05, 0.1) is 0 Å². The summed E-state index contributed by atoms with van der Waals surface area (Å²) < 4.78 is 0. The number of hydrogen-bond donors (Lipinski definition) is 0. The van der Waals surface area contributed by atoms with Crippen LogP contribution in [-0.2, 0) is 0 Å². The molecule has 0 fully saturated rings. The monoisotopic (exact) mass is 626 g/mol. The smallest absolute Gasteiger partial charge is 0.0654 e. The summed E-state index contributed by atoms with van der Waals surface area (Å²) >= 11 is 0. The summed E-state index contributed by atoms with van der Waals surface area (Å²) in [5, 5.41) is 0. The van der Waals surface area contributed by atoms with Gasteiger partial charge < -0.3 is 0 Å². The minimum Gasteiger partial charge on any atom is -0.0654 e. The summed E-state index contributed by atoms with van der Waals surface area (Å²) in [5.41, 5.74) is 0. The van der Waals surface area contributed by atoms with E-state index < -0.39 is 6.81 Å². The molecule has 0 aliphatic rings. The Labute approximate surface area is 272 Å². The molecular formula is C40H86PSi+. The molecule has 42 heavy (non-hydrogen) atoms. The third kappa shape index (κ3) is 30.7. The van der Waals surface area contributed by atoms with Crippen molar-refractivity contribution in [2.45, 2.75) is 239 Å². The van der Waals surface area contributed by atoms with Gasteiger partial charge in [-0.2, -0.15) is 0 Å². The Bertz CT molecular complexity index is 437. The van der Waals surface area contributed by atoms with Crippen LogP contribution >= 0.6 is 6.81 Å². The van der Waals surface area contributed by atoms with Crippen LogP contribution in [0.2, 0.25) is 6.04 Å². The minimum atomic E-state index is -0.610. The molecule has 0 nitrogen and oxygen atoms in total. The van der Waals surface area contributed by atoms with Crippen LogP contribution in [0.25, 0.3) is 0 Å². The maximum atomic E-state index is 2.36. The van der Waals surface area contributed by atoms with Crippen LogP contribution in [0.5, 0.6) is 0 Å². The summed E-state index contributed by atoms with van der Waals surface area (Å²) in [5.74, 6) is 0. The highest BCUT2D eigenvalue weighted by Gasteiger charge is 2.34. The second-order valence-corrected chi connectivity index (χ2v) is 25.0. The van der Waals surface area contributed by atoms with Crippen LogP contribution in [0.3, 0.4) is 0 Å². The van der Waals surface area contributed by atoms with E-state index in [1.54, 1.807) is 75.9 Å². The first-order chi connectivity index (χ1) is 20.7. The van der Waals surface area contributed by atoms with Crippen LogP contribution < -0.4 is 0 Å². The lowest BCUT2D eigenvalue weighted by atomic mass is 10.0. The van der Waals surface area contributed by atoms with E-state index in [0.717, 1.165) is 0 Å². The van der Waals surface area contributed by atoms with E-state index in [2.05, 4.69) is 27.7 Å². The summed E-state index contributed by atoms with van der Waals surface area (Å²) in [6.45, 7) is 8.80. The summed E-state index contributed by atoms with van der Waals surface area (Å²) in [6, 6.07) is 1.70. The van der Waals surface area contributed by atoms with Crippen molar-refractivity contribution in [3.63, 3.8) is 0 Å². The van der Waals surface area contributed by atoms with Gasteiger partial charge in [0.15, 0.2) is 9.19 Å². The number of rotatable bonds is 37. The summed E-state index contributed by atoms with van der Waals surface area (Å²) in [6.07, 6.45) is 53.1. The fourth-order valence-electron chi connectivity index (χ4n) is 7.17. The van der Waals surface area contributed by atoms with Crippen molar-refractivity contribution in [3.8, 4) is 0 Å². The zero-order valence-electron chi connectivity index (χ0n) is 30.6. The van der Waals surface area contributed by atoms with E-state index in [9.17, 15) is 0 Å². The molecule has 254 valence electrons. The molecule has 0 aromatic rings. The van der Waals surface area contributed by atoms with Crippen molar-refractivity contribution in [3.05, 3.63) is 0 Å². The van der Waals surface area contributed by atoms with Gasteiger partial charge in [-0.1, -0.05) is 195 Å². The van der Waals surface area contributed by atoms with Crippen LogP contribution in [0.4, 0.5) is 0 Å². The predicted molar refractivity (Wildman–Crippen MR) is 205 cm³/mol. The Morgan fingerprint density at radius 2 is 0.476 bits per heavy atom. The molecule has 0 saturated heterocycles. The normalized spacial score (nSPS) is 12.3. The van der Waals surface area contributed by atoms with Gasteiger partial charge in [0.25, 0.3) is 0 Å². The van der Waals surface area contributed by atoms with Gasteiger partial charge in [0.1, 0.15) is 0 Å². The van der Waals surface area contributed by atoms with Crippen LogP contribution in [-0.4, -0.2) is 27.7 Å². The number of hydrogen-bond acceptors (Lipinski definition) is 0. The SMILES string of the molecule is CCCCCCCCCCCCCCCC[SiH2][P+](CCCCCCCC)(CCCCCCCC)CCCCCCCC. The second kappa shape index (κ2) is 36.1. The predicted octanol–water partition coefficient (Wildman–Crippen LogP) is 15.1. The first-order valence-electron chi connectivity index (χ1n) is 20.6. The molecule has 0 aliphatic carbocycles. The first-order valence-corrected chi connectivity index (χ1v) is 26.0. The van der Waals surface area contributed by atoms with Gasteiger partial charge in [0, 0.05) is 18.5 Å². The van der Waals surface area contributed by atoms with E-state index in [0.29, 0.717) is 0 Å². The van der Waals surface area contributed by atoms with Crippen molar-refractivity contribution in [1.82, 2.24) is 0 Å². The molecule has 0 aromatic carbocycles. The Morgan fingerprint density at radius 3 is 0.738 bits per heavy atom. The molecule has 0 amide bonds. The second-order valence-electron chi connectivity index (χ2n) is 14.5. The molecule has 0 rings (SSSR count). The van der Waals surface area contributed by atoms with Gasteiger partial charge in [0.2, 0.25) is 0 Å². The highest BCUT2D eigenvalue weighted by molar-refractivity contribution is 8.00. The minimum absolute atomic E-state index is 0.136. The summed E-state index contributed by atoms with van der Waals surface area (Å²) in [4.78, 5) is 0. The molecule has 0 bridgehead atoms. The molecule has 0 unspecified atom stereocenters. The highest BCUT2D eigenvalue weighted by atomic mass is 31.4. The van der Waals surface area contributed by atoms with Crippen LogP contribution in [0, 0.1) is 0 Å². The van der Waals surface area contributed by atoms with Gasteiger partial charge in [-0.25, -0.2) is 0 Å². The Kier molecular flexibility index (Phi) is 36.7. The van der Waals surface area contributed by atoms with Crippen LogP contribution in [0.1, 0.15) is 233 Å². The maximum absolute atomic E-state index is 2.36. The van der Waals surface area contributed by atoms with Crippen molar-refractivity contribution < 1.29 is 0 Å². The van der Waals surface area contributed by atoms with Gasteiger partial charge >= 0.3 is 0 Å². The quantitative estimate of drug-likeness (QED) is 0.0366. The zero-order chi connectivity index (χ0) is 30.7. The Morgan fingerprint density at radius 1 is 0.262 bits per heavy atom. The Hall–Kier alpha value is 0.647. The third-order valence-corrected chi connectivity index (χ3v) is 22.4. The van der Waals surface area contributed by atoms with E-state index in [4.69, 9.17) is 0 Å². The average molecular weight is 626 g/mol. The fraction of sp³-hybridized carbons (Fsp3) is 1.00.